The van der Waals surface area contributed by atoms with E-state index in [-0.39, 0.29) is 5.91 Å². The van der Waals surface area contributed by atoms with Crippen LogP contribution >= 0.6 is 0 Å². The van der Waals surface area contributed by atoms with Gasteiger partial charge in [0.1, 0.15) is 5.75 Å². The molecule has 0 saturated heterocycles. The molecule has 4 nitrogen and oxygen atoms in total. The third-order valence-corrected chi connectivity index (χ3v) is 6.41. The van der Waals surface area contributed by atoms with Crippen molar-refractivity contribution in [3.63, 3.8) is 0 Å². The second-order valence-corrected chi connectivity index (χ2v) is 8.29. The first-order valence-electron chi connectivity index (χ1n) is 11.0. The average molecular weight is 393 g/mol. The van der Waals surface area contributed by atoms with Crippen molar-refractivity contribution in [2.24, 2.45) is 0 Å². The van der Waals surface area contributed by atoms with E-state index in [0.717, 1.165) is 49.5 Å². The Labute approximate surface area is 174 Å². The van der Waals surface area contributed by atoms with Gasteiger partial charge in [0.05, 0.1) is 7.11 Å². The Morgan fingerprint density at radius 1 is 1.10 bits per heavy atom. The van der Waals surface area contributed by atoms with Gasteiger partial charge in [-0.3, -0.25) is 4.79 Å². The standard InChI is InChI=1S/C25H32N2O2/c1-4-13-26(14-5-2)20-15-19-17-27(25(28)18-9-7-6-8-10-18)22-11-12-23(29-3)21(16-20)24(19)22/h6-12,19-20H,4-5,13-17H2,1-3H3/t19-,20-/m0/s1. The molecule has 4 rings (SSSR count). The number of benzene rings is 2. The molecule has 1 aliphatic carbocycles. The smallest absolute Gasteiger partial charge is 0.258 e. The SMILES string of the molecule is CCCN(CCC)[C@@H]1Cc2c(OC)ccc3c2[C@@H](C1)CN3C(=O)c1ccccc1. The molecule has 4 heteroatoms. The number of carbonyl (C=O) groups is 1. The molecule has 0 aromatic heterocycles. The first kappa shape index (κ1) is 20.0. The van der Waals surface area contributed by atoms with Gasteiger partial charge in [0.15, 0.2) is 0 Å². The molecule has 2 aromatic carbocycles. The van der Waals surface area contributed by atoms with Crippen LogP contribution < -0.4 is 9.64 Å². The number of amides is 1. The van der Waals surface area contributed by atoms with Gasteiger partial charge < -0.3 is 14.5 Å². The number of anilines is 1. The topological polar surface area (TPSA) is 32.8 Å². The summed E-state index contributed by atoms with van der Waals surface area (Å²) in [6.07, 6.45) is 4.47. The maximum atomic E-state index is 13.3. The van der Waals surface area contributed by atoms with Crippen LogP contribution in [0.1, 0.15) is 60.5 Å². The maximum absolute atomic E-state index is 13.3. The predicted octanol–water partition coefficient (Wildman–Crippen LogP) is 4.88. The summed E-state index contributed by atoms with van der Waals surface area (Å²) >= 11 is 0. The van der Waals surface area contributed by atoms with Gasteiger partial charge in [-0.05, 0) is 68.6 Å². The molecule has 2 atom stereocenters. The largest absolute Gasteiger partial charge is 0.496 e. The van der Waals surface area contributed by atoms with Gasteiger partial charge in [-0.1, -0.05) is 32.0 Å². The van der Waals surface area contributed by atoms with E-state index >= 15 is 0 Å². The summed E-state index contributed by atoms with van der Waals surface area (Å²) in [5.41, 5.74) is 4.49. The molecule has 0 bridgehead atoms. The molecule has 29 heavy (non-hydrogen) atoms. The number of nitrogens with zero attached hydrogens (tertiary/aromatic N) is 2. The van der Waals surface area contributed by atoms with E-state index < -0.39 is 0 Å². The molecule has 0 saturated carbocycles. The van der Waals surface area contributed by atoms with Crippen LogP contribution in [-0.2, 0) is 6.42 Å². The molecule has 0 spiro atoms. The van der Waals surface area contributed by atoms with Crippen LogP contribution in [0.4, 0.5) is 5.69 Å². The Hall–Kier alpha value is -2.33. The Morgan fingerprint density at radius 2 is 1.83 bits per heavy atom. The predicted molar refractivity (Wildman–Crippen MR) is 118 cm³/mol. The second-order valence-electron chi connectivity index (χ2n) is 8.29. The lowest BCUT2D eigenvalue weighted by molar-refractivity contribution is 0.0986. The van der Waals surface area contributed by atoms with Gasteiger partial charge in [0, 0.05) is 35.3 Å². The minimum Gasteiger partial charge on any atom is -0.496 e. The molecule has 0 N–H and O–H groups in total. The minimum atomic E-state index is 0.0999. The van der Waals surface area contributed by atoms with E-state index in [0.29, 0.717) is 12.0 Å². The quantitative estimate of drug-likeness (QED) is 0.673. The third-order valence-electron chi connectivity index (χ3n) is 6.41. The molecule has 2 aliphatic rings. The molecule has 0 radical (unpaired) electrons. The lowest BCUT2D eigenvalue weighted by Gasteiger charge is -2.37. The van der Waals surface area contributed by atoms with Crippen molar-refractivity contribution in [1.82, 2.24) is 4.90 Å². The second kappa shape index (κ2) is 8.58. The third kappa shape index (κ3) is 3.66. The summed E-state index contributed by atoms with van der Waals surface area (Å²) in [5.74, 6) is 1.46. The molecule has 154 valence electrons. The molecular formula is C25H32N2O2. The van der Waals surface area contributed by atoms with Gasteiger partial charge in [-0.2, -0.15) is 0 Å². The summed E-state index contributed by atoms with van der Waals surface area (Å²) in [5, 5.41) is 0. The lowest BCUT2D eigenvalue weighted by Crippen LogP contribution is -2.41. The van der Waals surface area contributed by atoms with Crippen LogP contribution in [-0.4, -0.2) is 43.6 Å². The van der Waals surface area contributed by atoms with Gasteiger partial charge in [-0.15, -0.1) is 0 Å². The Bertz CT molecular complexity index is 859. The van der Waals surface area contributed by atoms with Crippen molar-refractivity contribution in [1.29, 1.82) is 0 Å². The first-order chi connectivity index (χ1) is 14.2. The highest BCUT2D eigenvalue weighted by Crippen LogP contribution is 2.48. The summed E-state index contributed by atoms with van der Waals surface area (Å²) in [6, 6.07) is 14.3. The molecule has 1 aliphatic heterocycles. The fourth-order valence-electron chi connectivity index (χ4n) is 5.23. The first-order valence-corrected chi connectivity index (χ1v) is 11.0. The number of hydrogen-bond donors (Lipinski definition) is 0. The highest BCUT2D eigenvalue weighted by Gasteiger charge is 2.41. The van der Waals surface area contributed by atoms with Gasteiger partial charge in [-0.25, -0.2) is 0 Å². The zero-order valence-corrected chi connectivity index (χ0v) is 17.9. The van der Waals surface area contributed by atoms with Crippen molar-refractivity contribution in [3.8, 4) is 5.75 Å². The summed E-state index contributed by atoms with van der Waals surface area (Å²) in [7, 11) is 1.76. The van der Waals surface area contributed by atoms with E-state index in [4.69, 9.17) is 4.74 Å². The fourth-order valence-corrected chi connectivity index (χ4v) is 5.23. The number of carbonyl (C=O) groups excluding carboxylic acids is 1. The zero-order chi connectivity index (χ0) is 20.4. The molecule has 2 aromatic rings. The van der Waals surface area contributed by atoms with E-state index in [1.54, 1.807) is 7.11 Å². The Balaban J connectivity index is 1.69. The molecule has 1 heterocycles. The highest BCUT2D eigenvalue weighted by atomic mass is 16.5. The maximum Gasteiger partial charge on any atom is 0.258 e. The van der Waals surface area contributed by atoms with Crippen LogP contribution in [0.3, 0.4) is 0 Å². The summed E-state index contributed by atoms with van der Waals surface area (Å²) < 4.78 is 5.75. The van der Waals surface area contributed by atoms with E-state index in [1.165, 1.54) is 24.0 Å². The molecule has 0 unspecified atom stereocenters. The molecule has 1 amide bonds. The van der Waals surface area contributed by atoms with Crippen LogP contribution in [0.2, 0.25) is 0 Å². The number of ether oxygens (including phenoxy) is 1. The van der Waals surface area contributed by atoms with Crippen LogP contribution in [0.25, 0.3) is 0 Å². The van der Waals surface area contributed by atoms with Crippen LogP contribution in [0.15, 0.2) is 42.5 Å². The minimum absolute atomic E-state index is 0.0999. The Morgan fingerprint density at radius 3 is 2.48 bits per heavy atom. The lowest BCUT2D eigenvalue weighted by atomic mass is 9.80. The molecular weight excluding hydrogens is 360 g/mol. The van der Waals surface area contributed by atoms with E-state index in [1.807, 2.05) is 41.3 Å². The number of hydrogen-bond acceptors (Lipinski definition) is 3. The summed E-state index contributed by atoms with van der Waals surface area (Å²) in [4.78, 5) is 17.9. The van der Waals surface area contributed by atoms with Gasteiger partial charge in [0.25, 0.3) is 5.91 Å². The van der Waals surface area contributed by atoms with Crippen molar-refractivity contribution in [3.05, 3.63) is 59.2 Å². The zero-order valence-electron chi connectivity index (χ0n) is 17.9. The molecule has 0 fully saturated rings. The van der Waals surface area contributed by atoms with Crippen LogP contribution in [0, 0.1) is 0 Å². The van der Waals surface area contributed by atoms with Crippen molar-refractivity contribution < 1.29 is 9.53 Å². The van der Waals surface area contributed by atoms with E-state index in [9.17, 15) is 4.79 Å². The number of methoxy groups -OCH3 is 1. The van der Waals surface area contributed by atoms with Crippen molar-refractivity contribution >= 4 is 11.6 Å². The van der Waals surface area contributed by atoms with Crippen molar-refractivity contribution in [2.45, 2.75) is 51.5 Å². The summed E-state index contributed by atoms with van der Waals surface area (Å²) in [6.45, 7) is 7.55. The average Bonchev–Trinajstić information content (AvgIpc) is 3.13. The fraction of sp³-hybridized carbons (Fsp3) is 0.480. The number of rotatable bonds is 7. The Kier molecular flexibility index (Phi) is 5.91. The highest BCUT2D eigenvalue weighted by molar-refractivity contribution is 6.07. The monoisotopic (exact) mass is 392 g/mol. The van der Waals surface area contributed by atoms with Crippen LogP contribution in [0.5, 0.6) is 5.75 Å². The van der Waals surface area contributed by atoms with Gasteiger partial charge in [0.2, 0.25) is 0 Å². The van der Waals surface area contributed by atoms with E-state index in [2.05, 4.69) is 24.8 Å². The van der Waals surface area contributed by atoms with Crippen molar-refractivity contribution in [2.75, 3.05) is 31.6 Å². The normalized spacial score (nSPS) is 20.1. The van der Waals surface area contributed by atoms with Gasteiger partial charge >= 0.3 is 0 Å².